The van der Waals surface area contributed by atoms with Crippen molar-refractivity contribution in [1.82, 2.24) is 14.9 Å². The van der Waals surface area contributed by atoms with E-state index in [9.17, 15) is 8.42 Å². The Morgan fingerprint density at radius 2 is 1.97 bits per heavy atom. The topological polar surface area (TPSA) is 73.8 Å². The van der Waals surface area contributed by atoms with Gasteiger partial charge >= 0.3 is 0 Å². The van der Waals surface area contributed by atoms with Gasteiger partial charge in [0, 0.05) is 36.1 Å². The normalized spacial score (nSPS) is 20.0. The van der Waals surface area contributed by atoms with E-state index in [0.29, 0.717) is 13.1 Å². The Morgan fingerprint density at radius 1 is 1.28 bits per heavy atom. The summed E-state index contributed by atoms with van der Waals surface area (Å²) in [5.74, 6) is 0.980. The Kier molecular flexibility index (Phi) is 9.05. The average molecular weight is 555 g/mol. The molecule has 1 saturated heterocycles. The quantitative estimate of drug-likeness (QED) is 0.308. The number of rotatable bonds is 7. The molecule has 1 aromatic rings. The summed E-state index contributed by atoms with van der Waals surface area (Å²) in [4.78, 5) is 4.85. The molecule has 0 amide bonds. The number of benzene rings is 1. The Balaban J connectivity index is 0.00000300. The van der Waals surface area contributed by atoms with Gasteiger partial charge in [0.05, 0.1) is 12.3 Å². The van der Waals surface area contributed by atoms with E-state index in [2.05, 4.69) is 23.6 Å². The number of halogens is 2. The lowest BCUT2D eigenvalue weighted by molar-refractivity contribution is 0.306. The molecule has 1 heterocycles. The molecule has 0 bridgehead atoms. The van der Waals surface area contributed by atoms with Gasteiger partial charge in [-0.2, -0.15) is 0 Å². The lowest BCUT2D eigenvalue weighted by atomic mass is 9.96. The van der Waals surface area contributed by atoms with Gasteiger partial charge in [0.25, 0.3) is 0 Å². The predicted molar refractivity (Wildman–Crippen MR) is 131 cm³/mol. The van der Waals surface area contributed by atoms with Crippen molar-refractivity contribution in [3.63, 3.8) is 0 Å². The molecule has 2 fully saturated rings. The first-order chi connectivity index (χ1) is 13.4. The van der Waals surface area contributed by atoms with Gasteiger partial charge in [-0.25, -0.2) is 12.7 Å². The highest BCUT2D eigenvalue weighted by molar-refractivity contribution is 14.0. The number of guanidine groups is 1. The summed E-state index contributed by atoms with van der Waals surface area (Å²) in [7, 11) is -3.09. The summed E-state index contributed by atoms with van der Waals surface area (Å²) in [5, 5.41) is 7.60. The largest absolute Gasteiger partial charge is 0.357 e. The van der Waals surface area contributed by atoms with E-state index in [4.69, 9.17) is 16.6 Å². The van der Waals surface area contributed by atoms with E-state index in [1.54, 1.807) is 11.2 Å². The van der Waals surface area contributed by atoms with E-state index in [-0.39, 0.29) is 41.2 Å². The van der Waals surface area contributed by atoms with Crippen molar-refractivity contribution in [3.8, 4) is 0 Å². The first-order valence-corrected chi connectivity index (χ1v) is 12.2. The number of piperidine rings is 1. The third kappa shape index (κ3) is 6.45. The van der Waals surface area contributed by atoms with Crippen molar-refractivity contribution < 1.29 is 8.42 Å². The molecule has 2 N–H and O–H groups in total. The van der Waals surface area contributed by atoms with Crippen LogP contribution >= 0.6 is 35.6 Å². The van der Waals surface area contributed by atoms with Crippen LogP contribution in [-0.2, 0) is 15.4 Å². The molecule has 3 rings (SSSR count). The average Bonchev–Trinajstić information content (AvgIpc) is 3.48. The standard InChI is InChI=1S/C20H31ClN4O2S.HI/c1-3-22-19(24-18-8-12-25(13-9-18)28(26,27)4-2)23-15-20(10-11-20)16-6-5-7-17(21)14-16;/h5-7,14,18H,3-4,8-13,15H2,1-2H3,(H2,22,23,24);1H. The van der Waals surface area contributed by atoms with E-state index < -0.39 is 10.0 Å². The van der Waals surface area contributed by atoms with Crippen LogP contribution in [0.5, 0.6) is 0 Å². The first-order valence-electron chi connectivity index (χ1n) is 10.2. The number of nitrogens with zero attached hydrogens (tertiary/aromatic N) is 2. The molecule has 0 atom stereocenters. The van der Waals surface area contributed by atoms with Crippen molar-refractivity contribution in [2.24, 2.45) is 4.99 Å². The minimum Gasteiger partial charge on any atom is -0.357 e. The van der Waals surface area contributed by atoms with Gasteiger partial charge in [-0.1, -0.05) is 23.7 Å². The smallest absolute Gasteiger partial charge is 0.213 e. The third-order valence-corrected chi connectivity index (χ3v) is 7.84. The van der Waals surface area contributed by atoms with Crippen LogP contribution in [0.4, 0.5) is 0 Å². The second kappa shape index (κ2) is 10.6. The molecular weight excluding hydrogens is 523 g/mol. The Hall–Kier alpha value is -0.580. The summed E-state index contributed by atoms with van der Waals surface area (Å²) < 4.78 is 25.7. The van der Waals surface area contributed by atoms with Crippen LogP contribution in [-0.4, -0.2) is 56.7 Å². The van der Waals surface area contributed by atoms with Crippen LogP contribution in [0.15, 0.2) is 29.3 Å². The number of nitrogens with one attached hydrogen (secondary N) is 2. The molecule has 9 heteroatoms. The molecule has 1 aliphatic heterocycles. The zero-order chi connectivity index (χ0) is 20.2. The van der Waals surface area contributed by atoms with E-state index in [0.717, 1.165) is 49.8 Å². The summed E-state index contributed by atoms with van der Waals surface area (Å²) in [6, 6.07) is 8.33. The molecular formula is C20H32ClIN4O2S. The molecule has 0 radical (unpaired) electrons. The second-order valence-corrected chi connectivity index (χ2v) is 10.4. The van der Waals surface area contributed by atoms with E-state index in [1.165, 1.54) is 5.56 Å². The van der Waals surface area contributed by atoms with Gasteiger partial charge in [0.2, 0.25) is 10.0 Å². The number of hydrogen-bond acceptors (Lipinski definition) is 3. The third-order valence-electron chi connectivity index (χ3n) is 5.73. The second-order valence-electron chi connectivity index (χ2n) is 7.70. The Labute approximate surface area is 196 Å². The first kappa shape index (κ1) is 24.7. The van der Waals surface area contributed by atoms with Crippen LogP contribution < -0.4 is 10.6 Å². The highest BCUT2D eigenvalue weighted by atomic mass is 127. The van der Waals surface area contributed by atoms with Crippen LogP contribution in [0.3, 0.4) is 0 Å². The molecule has 0 aromatic heterocycles. The Bertz CT molecular complexity index is 806. The number of sulfonamides is 1. The highest BCUT2D eigenvalue weighted by Crippen LogP contribution is 2.48. The predicted octanol–water partition coefficient (Wildman–Crippen LogP) is 3.36. The minimum atomic E-state index is -3.09. The van der Waals surface area contributed by atoms with Gasteiger partial charge in [-0.3, -0.25) is 4.99 Å². The van der Waals surface area contributed by atoms with Gasteiger partial charge < -0.3 is 10.6 Å². The van der Waals surface area contributed by atoms with Crippen LogP contribution in [0, 0.1) is 0 Å². The maximum absolute atomic E-state index is 12.0. The van der Waals surface area contributed by atoms with Crippen LogP contribution in [0.1, 0.15) is 45.1 Å². The van der Waals surface area contributed by atoms with Crippen molar-refractivity contribution >= 4 is 51.6 Å². The van der Waals surface area contributed by atoms with Gasteiger partial charge in [-0.15, -0.1) is 24.0 Å². The van der Waals surface area contributed by atoms with E-state index in [1.807, 2.05) is 18.2 Å². The fourth-order valence-electron chi connectivity index (χ4n) is 3.71. The fourth-order valence-corrected chi connectivity index (χ4v) is 5.03. The van der Waals surface area contributed by atoms with Crippen molar-refractivity contribution in [2.45, 2.75) is 51.0 Å². The van der Waals surface area contributed by atoms with E-state index >= 15 is 0 Å². The van der Waals surface area contributed by atoms with Crippen molar-refractivity contribution in [1.29, 1.82) is 0 Å². The maximum Gasteiger partial charge on any atom is 0.213 e. The molecule has 0 spiro atoms. The van der Waals surface area contributed by atoms with Crippen molar-refractivity contribution in [3.05, 3.63) is 34.9 Å². The van der Waals surface area contributed by atoms with Crippen LogP contribution in [0.2, 0.25) is 5.02 Å². The fraction of sp³-hybridized carbons (Fsp3) is 0.650. The van der Waals surface area contributed by atoms with Gasteiger partial charge in [0.1, 0.15) is 0 Å². The number of hydrogen-bond donors (Lipinski definition) is 2. The maximum atomic E-state index is 12.0. The summed E-state index contributed by atoms with van der Waals surface area (Å²) in [6.45, 7) is 6.41. The summed E-state index contributed by atoms with van der Waals surface area (Å²) >= 11 is 6.17. The molecule has 1 aliphatic carbocycles. The molecule has 1 aromatic carbocycles. The van der Waals surface area contributed by atoms with Gasteiger partial charge in [0.15, 0.2) is 5.96 Å². The molecule has 164 valence electrons. The molecule has 1 saturated carbocycles. The summed E-state index contributed by atoms with van der Waals surface area (Å²) in [5.41, 5.74) is 1.36. The lowest BCUT2D eigenvalue weighted by Gasteiger charge is -2.32. The van der Waals surface area contributed by atoms with Crippen LogP contribution in [0.25, 0.3) is 0 Å². The summed E-state index contributed by atoms with van der Waals surface area (Å²) in [6.07, 6.45) is 3.85. The lowest BCUT2D eigenvalue weighted by Crippen LogP contribution is -2.50. The molecule has 2 aliphatic rings. The molecule has 0 unspecified atom stereocenters. The Morgan fingerprint density at radius 3 is 2.52 bits per heavy atom. The van der Waals surface area contributed by atoms with Crippen molar-refractivity contribution in [2.75, 3.05) is 31.9 Å². The minimum absolute atomic E-state index is 0. The zero-order valence-corrected chi connectivity index (χ0v) is 21.1. The SMILES string of the molecule is CCNC(=NCC1(c2cccc(Cl)c2)CC1)NC1CCN(S(=O)(=O)CC)CC1.I. The van der Waals surface area contributed by atoms with Gasteiger partial charge in [-0.05, 0) is 57.2 Å². The monoisotopic (exact) mass is 554 g/mol. The zero-order valence-electron chi connectivity index (χ0n) is 17.2. The molecule has 6 nitrogen and oxygen atoms in total. The number of aliphatic imine (C=N–C) groups is 1. The highest BCUT2D eigenvalue weighted by Gasteiger charge is 2.44. The molecule has 29 heavy (non-hydrogen) atoms.